The highest BCUT2D eigenvalue weighted by molar-refractivity contribution is 7.11. The number of amides is 3. The third-order valence-electron chi connectivity index (χ3n) is 7.10. The van der Waals surface area contributed by atoms with Crippen LogP contribution < -0.4 is 16.0 Å². The van der Waals surface area contributed by atoms with E-state index in [4.69, 9.17) is 10.5 Å². The van der Waals surface area contributed by atoms with Gasteiger partial charge in [0.05, 0.1) is 24.8 Å². The van der Waals surface area contributed by atoms with Gasteiger partial charge in [0.2, 0.25) is 5.91 Å². The van der Waals surface area contributed by atoms with Crippen molar-refractivity contribution in [2.45, 2.75) is 31.8 Å². The molecule has 4 heterocycles. The van der Waals surface area contributed by atoms with Crippen LogP contribution in [0.4, 0.5) is 10.5 Å². The third-order valence-corrected chi connectivity index (χ3v) is 7.88. The Labute approximate surface area is 225 Å². The Kier molecular flexibility index (Phi) is 7.43. The molecule has 2 fully saturated rings. The summed E-state index contributed by atoms with van der Waals surface area (Å²) in [4.78, 5) is 51.9. The zero-order valence-electron chi connectivity index (χ0n) is 21.4. The number of anilines is 1. The van der Waals surface area contributed by atoms with E-state index in [2.05, 4.69) is 20.2 Å². The van der Waals surface area contributed by atoms with E-state index in [-0.39, 0.29) is 24.0 Å². The van der Waals surface area contributed by atoms with Crippen molar-refractivity contribution < 1.29 is 19.1 Å². The molecule has 5 rings (SSSR count). The van der Waals surface area contributed by atoms with E-state index in [1.807, 2.05) is 41.5 Å². The smallest absolute Gasteiger partial charge is 0.337 e. The number of benzene rings is 1. The number of aromatic nitrogens is 1. The largest absolute Gasteiger partial charge is 0.466 e. The first-order valence-electron chi connectivity index (χ1n) is 12.6. The standard InChI is InChI=1S/C26H31N7O4S/c1-16-22(25(35)37-2)20(30-23(29-16)24-28-9-12-38-24)15-31-10-11-32-19(13-31)14-33(26(32)36)18-6-3-17(4-7-18)5-8-21(27)34/h3-4,6-7,9,12,16,19H,5,8,10-11,13-15H2,1-2H3,(H2,27,34)(H,29,30)/t16-,19-/m0/s1. The first-order chi connectivity index (χ1) is 18.3. The molecule has 0 saturated carbocycles. The number of nitrogens with zero attached hydrogens (tertiary/aromatic N) is 5. The quantitative estimate of drug-likeness (QED) is 0.486. The summed E-state index contributed by atoms with van der Waals surface area (Å²) < 4.78 is 5.07. The molecule has 12 heteroatoms. The van der Waals surface area contributed by atoms with E-state index < -0.39 is 5.97 Å². The number of carbonyl (C=O) groups is 3. The van der Waals surface area contributed by atoms with Crippen molar-refractivity contribution in [3.8, 4) is 0 Å². The molecule has 3 aliphatic heterocycles. The molecule has 1 aromatic heterocycles. The van der Waals surface area contributed by atoms with Crippen LogP contribution in [0.25, 0.3) is 0 Å². The average molecular weight is 538 g/mol. The predicted molar refractivity (Wildman–Crippen MR) is 144 cm³/mol. The number of fused-ring (bicyclic) bond motifs is 1. The van der Waals surface area contributed by atoms with Gasteiger partial charge in [-0.3, -0.25) is 19.6 Å². The SMILES string of the molecule is COC(=O)C1=C(CN2CCN3C(=O)N(c4ccc(CCC(N)=O)cc4)C[C@@H]3C2)NC(c2nccs2)=N[C@H]1C. The Morgan fingerprint density at radius 3 is 2.68 bits per heavy atom. The molecule has 0 spiro atoms. The number of amidine groups is 1. The number of hydrogen-bond acceptors (Lipinski definition) is 9. The first kappa shape index (κ1) is 25.9. The summed E-state index contributed by atoms with van der Waals surface area (Å²) in [5.74, 6) is -0.0818. The number of ether oxygens (including phenoxy) is 1. The summed E-state index contributed by atoms with van der Waals surface area (Å²) in [5.41, 5.74) is 8.36. The van der Waals surface area contributed by atoms with Crippen LogP contribution in [0, 0.1) is 0 Å². The number of primary amides is 1. The molecule has 3 N–H and O–H groups in total. The number of piperazine rings is 1. The minimum absolute atomic E-state index is 0.00314. The maximum absolute atomic E-state index is 13.2. The number of aliphatic imine (C=N–C) groups is 1. The van der Waals surface area contributed by atoms with Gasteiger partial charge in [-0.2, -0.15) is 0 Å². The fourth-order valence-electron chi connectivity index (χ4n) is 5.20. The molecule has 200 valence electrons. The maximum atomic E-state index is 13.2. The van der Waals surface area contributed by atoms with Crippen LogP contribution >= 0.6 is 11.3 Å². The van der Waals surface area contributed by atoms with Gasteiger partial charge in [-0.05, 0) is 31.0 Å². The van der Waals surface area contributed by atoms with Crippen LogP contribution in [0.2, 0.25) is 0 Å². The summed E-state index contributed by atoms with van der Waals surface area (Å²) in [6.07, 6.45) is 2.61. The fourth-order valence-corrected chi connectivity index (χ4v) is 5.78. The van der Waals surface area contributed by atoms with Crippen molar-refractivity contribution in [1.29, 1.82) is 0 Å². The van der Waals surface area contributed by atoms with Crippen molar-refractivity contribution >= 4 is 40.8 Å². The van der Waals surface area contributed by atoms with Crippen LogP contribution in [0.5, 0.6) is 0 Å². The Bertz CT molecular complexity index is 1280. The maximum Gasteiger partial charge on any atom is 0.337 e. The van der Waals surface area contributed by atoms with Crippen molar-refractivity contribution in [2.24, 2.45) is 10.7 Å². The molecule has 0 radical (unpaired) electrons. The van der Waals surface area contributed by atoms with Gasteiger partial charge in [0, 0.05) is 62.1 Å². The van der Waals surface area contributed by atoms with E-state index in [0.717, 1.165) is 22.0 Å². The molecule has 3 aliphatic rings. The normalized spacial score (nSPS) is 21.7. The number of nitrogens with two attached hydrogens (primary N) is 1. The number of esters is 1. The first-order valence-corrected chi connectivity index (χ1v) is 13.5. The summed E-state index contributed by atoms with van der Waals surface area (Å²) in [6.45, 7) is 4.92. The summed E-state index contributed by atoms with van der Waals surface area (Å²) in [7, 11) is 1.38. The molecule has 2 saturated heterocycles. The van der Waals surface area contributed by atoms with Gasteiger partial charge >= 0.3 is 12.0 Å². The molecule has 1 aromatic carbocycles. The number of carbonyl (C=O) groups excluding carboxylic acids is 3. The van der Waals surface area contributed by atoms with Gasteiger partial charge in [0.15, 0.2) is 10.8 Å². The van der Waals surface area contributed by atoms with Crippen molar-refractivity contribution in [2.75, 3.05) is 44.7 Å². The lowest BCUT2D eigenvalue weighted by Crippen LogP contribution is -2.53. The van der Waals surface area contributed by atoms with Gasteiger partial charge in [-0.1, -0.05) is 12.1 Å². The van der Waals surface area contributed by atoms with Gasteiger partial charge < -0.3 is 20.7 Å². The lowest BCUT2D eigenvalue weighted by atomic mass is 10.0. The molecular formula is C26H31N7O4S. The number of hydrogen-bond donors (Lipinski definition) is 2. The van der Waals surface area contributed by atoms with E-state index in [0.29, 0.717) is 57.0 Å². The number of urea groups is 1. The number of aryl methyl sites for hydroxylation is 1. The van der Waals surface area contributed by atoms with Crippen LogP contribution in [-0.4, -0.2) is 90.4 Å². The Morgan fingerprint density at radius 1 is 1.21 bits per heavy atom. The van der Waals surface area contributed by atoms with Gasteiger partial charge in [0.1, 0.15) is 0 Å². The number of methoxy groups -OCH3 is 1. The highest BCUT2D eigenvalue weighted by atomic mass is 32.1. The minimum atomic E-state index is -0.401. The zero-order chi connectivity index (χ0) is 26.8. The van der Waals surface area contributed by atoms with Crippen LogP contribution in [0.3, 0.4) is 0 Å². The molecule has 11 nitrogen and oxygen atoms in total. The van der Waals surface area contributed by atoms with Crippen LogP contribution in [-0.2, 0) is 20.7 Å². The zero-order valence-corrected chi connectivity index (χ0v) is 22.2. The van der Waals surface area contributed by atoms with Crippen molar-refractivity contribution in [3.05, 3.63) is 57.7 Å². The molecule has 0 bridgehead atoms. The highest BCUT2D eigenvalue weighted by Crippen LogP contribution is 2.28. The molecule has 2 atom stereocenters. The van der Waals surface area contributed by atoms with E-state index in [9.17, 15) is 14.4 Å². The van der Waals surface area contributed by atoms with Gasteiger partial charge in [-0.15, -0.1) is 11.3 Å². The Balaban J connectivity index is 1.28. The van der Waals surface area contributed by atoms with E-state index in [1.54, 1.807) is 11.1 Å². The Hall–Kier alpha value is -3.77. The summed E-state index contributed by atoms with van der Waals surface area (Å²) in [6, 6.07) is 7.38. The fraction of sp³-hybridized carbons (Fsp3) is 0.423. The molecule has 0 unspecified atom stereocenters. The van der Waals surface area contributed by atoms with Crippen molar-refractivity contribution in [1.82, 2.24) is 20.1 Å². The van der Waals surface area contributed by atoms with Crippen LogP contribution in [0.1, 0.15) is 23.9 Å². The molecule has 3 amide bonds. The van der Waals surface area contributed by atoms with Crippen molar-refractivity contribution in [3.63, 3.8) is 0 Å². The third kappa shape index (κ3) is 5.27. The molecule has 0 aliphatic carbocycles. The lowest BCUT2D eigenvalue weighted by Gasteiger charge is -2.37. The monoisotopic (exact) mass is 537 g/mol. The van der Waals surface area contributed by atoms with Gasteiger partial charge in [-0.25, -0.2) is 14.6 Å². The molecule has 38 heavy (non-hydrogen) atoms. The molecular weight excluding hydrogens is 506 g/mol. The Morgan fingerprint density at radius 2 is 2.00 bits per heavy atom. The average Bonchev–Trinajstić information content (AvgIpc) is 3.56. The second kappa shape index (κ2) is 10.9. The molecule has 2 aromatic rings. The number of nitrogens with one attached hydrogen (secondary N) is 1. The van der Waals surface area contributed by atoms with E-state index >= 15 is 0 Å². The predicted octanol–water partition coefficient (Wildman–Crippen LogP) is 1.35. The van der Waals surface area contributed by atoms with Crippen LogP contribution in [0.15, 0.2) is 52.1 Å². The minimum Gasteiger partial charge on any atom is -0.466 e. The summed E-state index contributed by atoms with van der Waals surface area (Å²) in [5, 5.41) is 5.99. The second-order valence-electron chi connectivity index (χ2n) is 9.61. The second-order valence-corrected chi connectivity index (χ2v) is 10.5. The number of thiazole rings is 1. The van der Waals surface area contributed by atoms with Gasteiger partial charge in [0.25, 0.3) is 0 Å². The van der Waals surface area contributed by atoms with E-state index in [1.165, 1.54) is 18.4 Å². The topological polar surface area (TPSA) is 133 Å². The summed E-state index contributed by atoms with van der Waals surface area (Å²) >= 11 is 1.48. The number of rotatable bonds is 8. The highest BCUT2D eigenvalue weighted by Gasteiger charge is 2.41. The lowest BCUT2D eigenvalue weighted by molar-refractivity contribution is -0.136.